The van der Waals surface area contributed by atoms with Crippen LogP contribution in [0, 0.1) is 0 Å². The van der Waals surface area contributed by atoms with E-state index in [1.54, 1.807) is 6.21 Å². The third-order valence-electron chi connectivity index (χ3n) is 1.17. The van der Waals surface area contributed by atoms with Crippen molar-refractivity contribution in [3.8, 4) is 0 Å². The molecule has 0 radical (unpaired) electrons. The zero-order valence-corrected chi connectivity index (χ0v) is 5.06. The minimum absolute atomic E-state index is 0.292. The topological polar surface area (TPSA) is 56.1 Å². The third kappa shape index (κ3) is 2.09. The Labute approximate surface area is 53.4 Å². The van der Waals surface area contributed by atoms with Crippen LogP contribution in [0.2, 0.25) is 0 Å². The molecule has 0 saturated heterocycles. The van der Waals surface area contributed by atoms with Crippen LogP contribution >= 0.6 is 0 Å². The Hall–Kier alpha value is -0.450. The lowest BCUT2D eigenvalue weighted by Crippen LogP contribution is -2.30. The van der Waals surface area contributed by atoms with Crippen LogP contribution in [0.25, 0.3) is 0 Å². The molecule has 2 N–H and O–H groups in total. The summed E-state index contributed by atoms with van der Waals surface area (Å²) in [6.45, 7) is 1.62. The molecule has 0 bridgehead atoms. The lowest BCUT2D eigenvalue weighted by molar-refractivity contribution is -0.0573. The fraction of sp³-hybridized carbons (Fsp3) is 0.800. The van der Waals surface area contributed by atoms with Gasteiger partial charge in [0.2, 0.25) is 0 Å². The number of aliphatic hydroxyl groups excluding tert-OH is 1. The van der Waals surface area contributed by atoms with Crippen molar-refractivity contribution in [2.24, 2.45) is 4.99 Å². The second-order valence-electron chi connectivity index (χ2n) is 2.02. The summed E-state index contributed by atoms with van der Waals surface area (Å²) in [6, 6.07) is 0. The quantitative estimate of drug-likeness (QED) is 0.454. The first-order valence-corrected chi connectivity index (χ1v) is 2.86. The summed E-state index contributed by atoms with van der Waals surface area (Å²) in [6.07, 6.45) is 0.536. The monoisotopic (exact) mass is 130 g/mol. The van der Waals surface area contributed by atoms with Crippen molar-refractivity contribution in [1.29, 1.82) is 0 Å². The summed E-state index contributed by atoms with van der Waals surface area (Å²) in [5, 5.41) is 16.9. The molecule has 0 spiro atoms. The van der Waals surface area contributed by atoms with Gasteiger partial charge < -0.3 is 10.2 Å². The first-order chi connectivity index (χ1) is 4.29. The molecule has 0 saturated carbocycles. The average molecular weight is 130 g/mol. The van der Waals surface area contributed by atoms with Crippen LogP contribution in [0.1, 0.15) is 0 Å². The van der Waals surface area contributed by atoms with E-state index in [2.05, 4.69) is 4.99 Å². The third-order valence-corrected chi connectivity index (χ3v) is 1.17. The summed E-state index contributed by atoms with van der Waals surface area (Å²) in [7, 11) is 0. The van der Waals surface area contributed by atoms with Crippen LogP contribution in [-0.4, -0.2) is 47.4 Å². The fourth-order valence-corrected chi connectivity index (χ4v) is 0.767. The van der Waals surface area contributed by atoms with E-state index >= 15 is 0 Å². The normalized spacial score (nSPS) is 19.9. The van der Waals surface area contributed by atoms with Gasteiger partial charge in [0.1, 0.15) is 0 Å². The highest BCUT2D eigenvalue weighted by atomic mass is 16.5. The summed E-state index contributed by atoms with van der Waals surface area (Å²) >= 11 is 0. The second kappa shape index (κ2) is 2.91. The lowest BCUT2D eigenvalue weighted by Gasteiger charge is -2.13. The molecule has 1 aliphatic rings. The Morgan fingerprint density at radius 2 is 2.44 bits per heavy atom. The van der Waals surface area contributed by atoms with Gasteiger partial charge in [-0.2, -0.15) is 0 Å². The van der Waals surface area contributed by atoms with Crippen molar-refractivity contribution in [2.45, 2.75) is 6.29 Å². The van der Waals surface area contributed by atoms with E-state index in [1.807, 2.05) is 4.90 Å². The predicted octanol–water partition coefficient (Wildman–Crippen LogP) is -1.36. The molecular formula is C5H10N2O2. The van der Waals surface area contributed by atoms with E-state index in [0.717, 1.165) is 6.54 Å². The molecule has 4 heteroatoms. The van der Waals surface area contributed by atoms with Gasteiger partial charge in [0.25, 0.3) is 0 Å². The van der Waals surface area contributed by atoms with Gasteiger partial charge in [-0.3, -0.25) is 9.89 Å². The minimum atomic E-state index is -1.23. The van der Waals surface area contributed by atoms with Gasteiger partial charge in [0.15, 0.2) is 6.29 Å². The first kappa shape index (κ1) is 6.67. The molecule has 1 rings (SSSR count). The molecular weight excluding hydrogens is 120 g/mol. The highest BCUT2D eigenvalue weighted by Gasteiger charge is 2.09. The molecule has 1 aliphatic heterocycles. The molecule has 0 aromatic heterocycles. The molecule has 0 aromatic carbocycles. The van der Waals surface area contributed by atoms with Gasteiger partial charge in [-0.15, -0.1) is 0 Å². The summed E-state index contributed by atoms with van der Waals surface area (Å²) in [4.78, 5) is 5.73. The van der Waals surface area contributed by atoms with Gasteiger partial charge in [-0.05, 0) is 0 Å². The Kier molecular flexibility index (Phi) is 2.16. The summed E-state index contributed by atoms with van der Waals surface area (Å²) in [5.74, 6) is 0. The van der Waals surface area contributed by atoms with Crippen LogP contribution in [0.4, 0.5) is 0 Å². The molecule has 0 atom stereocenters. The first-order valence-electron chi connectivity index (χ1n) is 2.86. The maximum atomic E-state index is 8.47. The summed E-state index contributed by atoms with van der Waals surface area (Å²) in [5.41, 5.74) is 0. The summed E-state index contributed by atoms with van der Waals surface area (Å²) < 4.78 is 0. The molecule has 4 nitrogen and oxygen atoms in total. The molecule has 0 fully saturated rings. The van der Waals surface area contributed by atoms with Gasteiger partial charge in [-0.25, -0.2) is 0 Å². The van der Waals surface area contributed by atoms with Crippen LogP contribution in [0.3, 0.4) is 0 Å². The van der Waals surface area contributed by atoms with Crippen molar-refractivity contribution >= 4 is 6.21 Å². The molecule has 0 amide bonds. The lowest BCUT2D eigenvalue weighted by atomic mass is 10.5. The van der Waals surface area contributed by atoms with E-state index in [4.69, 9.17) is 10.2 Å². The predicted molar refractivity (Wildman–Crippen MR) is 33.2 cm³/mol. The van der Waals surface area contributed by atoms with E-state index < -0.39 is 6.29 Å². The highest BCUT2D eigenvalue weighted by molar-refractivity contribution is 5.61. The fourth-order valence-electron chi connectivity index (χ4n) is 0.767. The Morgan fingerprint density at radius 3 is 2.89 bits per heavy atom. The Morgan fingerprint density at radius 1 is 1.67 bits per heavy atom. The largest absolute Gasteiger partial charge is 0.367 e. The van der Waals surface area contributed by atoms with Crippen molar-refractivity contribution in [3.05, 3.63) is 0 Å². The zero-order chi connectivity index (χ0) is 6.69. The molecule has 52 valence electrons. The molecule has 0 aliphatic carbocycles. The van der Waals surface area contributed by atoms with Crippen molar-refractivity contribution in [1.82, 2.24) is 4.90 Å². The minimum Gasteiger partial charge on any atom is -0.367 e. The molecule has 1 heterocycles. The SMILES string of the molecule is OC(O)CN1CC=NC1. The van der Waals surface area contributed by atoms with E-state index in [9.17, 15) is 0 Å². The number of hydrogen-bond acceptors (Lipinski definition) is 4. The standard InChI is InChI=1S/C5H10N2O2/c8-5(9)3-7-2-1-6-4-7/h1,5,8-9H,2-4H2. The Bertz CT molecular complexity index is 106. The van der Waals surface area contributed by atoms with E-state index in [-0.39, 0.29) is 0 Å². The molecule has 0 aromatic rings. The number of rotatable bonds is 2. The Balaban J connectivity index is 2.14. The highest BCUT2D eigenvalue weighted by Crippen LogP contribution is 1.94. The van der Waals surface area contributed by atoms with E-state index in [0.29, 0.717) is 13.2 Å². The number of β-amino-alcohol motifs (C(OH)–C–C–N with tert-alkyl or cyclic N) is 2. The second-order valence-corrected chi connectivity index (χ2v) is 2.02. The van der Waals surface area contributed by atoms with Gasteiger partial charge >= 0.3 is 0 Å². The van der Waals surface area contributed by atoms with Gasteiger partial charge in [-0.1, -0.05) is 0 Å². The smallest absolute Gasteiger partial charge is 0.164 e. The zero-order valence-electron chi connectivity index (χ0n) is 5.06. The number of aliphatic imine (C=N–C) groups is 1. The maximum Gasteiger partial charge on any atom is 0.164 e. The number of nitrogens with zero attached hydrogens (tertiary/aromatic N) is 2. The van der Waals surface area contributed by atoms with Gasteiger partial charge in [0.05, 0.1) is 13.2 Å². The van der Waals surface area contributed by atoms with Gasteiger partial charge in [0, 0.05) is 12.8 Å². The van der Waals surface area contributed by atoms with Crippen LogP contribution < -0.4 is 0 Å². The van der Waals surface area contributed by atoms with Crippen LogP contribution in [0.15, 0.2) is 4.99 Å². The number of hydrogen-bond donors (Lipinski definition) is 2. The van der Waals surface area contributed by atoms with Crippen molar-refractivity contribution in [2.75, 3.05) is 19.8 Å². The van der Waals surface area contributed by atoms with E-state index in [1.165, 1.54) is 0 Å². The average Bonchev–Trinajstić information content (AvgIpc) is 2.15. The molecule has 9 heavy (non-hydrogen) atoms. The van der Waals surface area contributed by atoms with Crippen LogP contribution in [-0.2, 0) is 0 Å². The van der Waals surface area contributed by atoms with Crippen LogP contribution in [0.5, 0.6) is 0 Å². The maximum absolute atomic E-state index is 8.47. The van der Waals surface area contributed by atoms with Crippen molar-refractivity contribution in [3.63, 3.8) is 0 Å². The number of aliphatic hydroxyl groups is 2. The van der Waals surface area contributed by atoms with Crippen molar-refractivity contribution < 1.29 is 10.2 Å². The molecule has 0 unspecified atom stereocenters.